The molecule has 2 atom stereocenters. The molecular formula is C29H27ClN4O2. The van der Waals surface area contributed by atoms with Crippen LogP contribution in [0.3, 0.4) is 0 Å². The smallest absolute Gasteiger partial charge is 0.221 e. The van der Waals surface area contributed by atoms with Crippen LogP contribution in [0, 0.1) is 19.8 Å². The number of benzene rings is 3. The Kier molecular flexibility index (Phi) is 5.38. The molecule has 0 aliphatic carbocycles. The Labute approximate surface area is 215 Å². The topological polar surface area (TPSA) is 61.0 Å². The number of fused-ring (bicyclic) bond motifs is 5. The minimum absolute atomic E-state index is 0.0670. The van der Waals surface area contributed by atoms with Crippen molar-refractivity contribution in [2.75, 3.05) is 6.61 Å². The molecule has 0 unspecified atom stereocenters. The van der Waals surface area contributed by atoms with Crippen molar-refractivity contribution in [1.82, 2.24) is 9.78 Å². The molecule has 3 heterocycles. The van der Waals surface area contributed by atoms with Crippen molar-refractivity contribution in [3.05, 3.63) is 94.1 Å². The lowest BCUT2D eigenvalue weighted by molar-refractivity contribution is -0.0186. The first-order valence-corrected chi connectivity index (χ1v) is 12.5. The summed E-state index contributed by atoms with van der Waals surface area (Å²) in [6.07, 6.45) is 0. The third kappa shape index (κ3) is 3.86. The van der Waals surface area contributed by atoms with Gasteiger partial charge in [0.05, 0.1) is 29.4 Å². The molecule has 0 fully saturated rings. The Morgan fingerprint density at radius 2 is 1.64 bits per heavy atom. The summed E-state index contributed by atoms with van der Waals surface area (Å²) in [7, 11) is 0. The van der Waals surface area contributed by atoms with Gasteiger partial charge in [0.15, 0.2) is 0 Å². The minimum atomic E-state index is -0.453. The van der Waals surface area contributed by atoms with Gasteiger partial charge in [-0.15, -0.1) is 0 Å². The summed E-state index contributed by atoms with van der Waals surface area (Å²) < 4.78 is 14.8. The van der Waals surface area contributed by atoms with Gasteiger partial charge >= 0.3 is 0 Å². The number of nitrogens with zero attached hydrogens (tertiary/aromatic N) is 4. The van der Waals surface area contributed by atoms with E-state index in [1.54, 1.807) is 12.1 Å². The zero-order valence-electron chi connectivity index (χ0n) is 20.7. The van der Waals surface area contributed by atoms with Gasteiger partial charge in [-0.05, 0) is 82.3 Å². The summed E-state index contributed by atoms with van der Waals surface area (Å²) in [5.74, 6) is 1.85. The Bertz CT molecular complexity index is 1470. The highest BCUT2D eigenvalue weighted by Crippen LogP contribution is 2.54. The molecule has 2 aliphatic rings. The molecule has 36 heavy (non-hydrogen) atoms. The van der Waals surface area contributed by atoms with E-state index in [0.29, 0.717) is 11.6 Å². The van der Waals surface area contributed by atoms with E-state index in [-0.39, 0.29) is 11.8 Å². The second-order valence-corrected chi connectivity index (χ2v) is 10.5. The molecule has 0 saturated heterocycles. The molecule has 0 spiro atoms. The Morgan fingerprint density at radius 1 is 0.944 bits per heavy atom. The Balaban J connectivity index is 1.46. The van der Waals surface area contributed by atoms with Crippen LogP contribution in [0.5, 0.6) is 11.6 Å². The molecule has 0 saturated carbocycles. The summed E-state index contributed by atoms with van der Waals surface area (Å²) in [6, 6.07) is 21.7. The largest absolute Gasteiger partial charge is 0.493 e. The molecule has 6 rings (SSSR count). The number of aromatic nitrogens is 2. The summed E-state index contributed by atoms with van der Waals surface area (Å²) in [6.45, 7) is 8.98. The molecule has 0 radical (unpaired) electrons. The molecule has 0 N–H and O–H groups in total. The van der Waals surface area contributed by atoms with Crippen LogP contribution in [0.2, 0.25) is 5.02 Å². The van der Waals surface area contributed by atoms with E-state index in [1.807, 2.05) is 28.9 Å². The second kappa shape index (κ2) is 8.49. The second-order valence-electron chi connectivity index (χ2n) is 10.1. The fraction of sp³-hybridized carbons (Fsp3) is 0.276. The highest BCUT2D eigenvalue weighted by atomic mass is 35.5. The number of ether oxygens (including phenoxy) is 2. The first-order valence-electron chi connectivity index (χ1n) is 12.1. The van der Waals surface area contributed by atoms with Gasteiger partial charge < -0.3 is 9.47 Å². The number of aryl methyl sites for hydroxylation is 2. The van der Waals surface area contributed by atoms with E-state index in [2.05, 4.69) is 68.3 Å². The summed E-state index contributed by atoms with van der Waals surface area (Å²) in [5.41, 5.74) is 6.40. The quantitative estimate of drug-likeness (QED) is 0.270. The first kappa shape index (κ1) is 22.8. The van der Waals surface area contributed by atoms with Crippen LogP contribution in [0.4, 0.5) is 11.4 Å². The maximum absolute atomic E-state index is 6.65. The van der Waals surface area contributed by atoms with Gasteiger partial charge in [0.25, 0.3) is 0 Å². The standard InChI is InChI=1S/C29H27ClN4O2/c1-17-5-12-22(13-6-17)34-28-26(18(2)33-34)27-23-15-21(32-31-20-9-7-19(30)8-10-20)11-14-25(23)35-16-24(27)29(3,4)36-28/h5-15,24,27H,16H2,1-4H3/t24-,27+/m1/s1. The van der Waals surface area contributed by atoms with Crippen LogP contribution < -0.4 is 9.47 Å². The fourth-order valence-electron chi connectivity index (χ4n) is 5.21. The van der Waals surface area contributed by atoms with Crippen LogP contribution in [0.1, 0.15) is 42.1 Å². The van der Waals surface area contributed by atoms with Crippen molar-refractivity contribution in [1.29, 1.82) is 0 Å². The molecule has 0 amide bonds. The lowest BCUT2D eigenvalue weighted by atomic mass is 9.70. The average molecular weight is 499 g/mol. The van der Waals surface area contributed by atoms with E-state index in [9.17, 15) is 0 Å². The third-order valence-corrected chi connectivity index (χ3v) is 7.41. The molecule has 1 aromatic heterocycles. The molecule has 3 aromatic carbocycles. The monoisotopic (exact) mass is 498 g/mol. The third-order valence-electron chi connectivity index (χ3n) is 7.16. The van der Waals surface area contributed by atoms with E-state index in [4.69, 9.17) is 26.2 Å². The predicted octanol–water partition coefficient (Wildman–Crippen LogP) is 7.87. The van der Waals surface area contributed by atoms with Crippen LogP contribution in [0.25, 0.3) is 5.69 Å². The summed E-state index contributed by atoms with van der Waals surface area (Å²) >= 11 is 5.99. The van der Waals surface area contributed by atoms with Gasteiger partial charge in [0.1, 0.15) is 11.4 Å². The lowest BCUT2D eigenvalue weighted by Gasteiger charge is -2.46. The van der Waals surface area contributed by atoms with Crippen LogP contribution in [0.15, 0.2) is 77.0 Å². The Morgan fingerprint density at radius 3 is 2.39 bits per heavy atom. The zero-order valence-corrected chi connectivity index (χ0v) is 21.5. The van der Waals surface area contributed by atoms with Gasteiger partial charge in [-0.1, -0.05) is 29.3 Å². The van der Waals surface area contributed by atoms with Crippen molar-refractivity contribution in [3.63, 3.8) is 0 Å². The predicted molar refractivity (Wildman–Crippen MR) is 141 cm³/mol. The van der Waals surface area contributed by atoms with Gasteiger partial charge in [-0.25, -0.2) is 4.68 Å². The molecule has 182 valence electrons. The Hall–Kier alpha value is -3.64. The number of halogens is 1. The van der Waals surface area contributed by atoms with Gasteiger partial charge in [-0.3, -0.25) is 0 Å². The number of hydrogen-bond acceptors (Lipinski definition) is 5. The highest BCUT2D eigenvalue weighted by Gasteiger charge is 2.50. The van der Waals surface area contributed by atoms with Gasteiger partial charge in [0, 0.05) is 28.0 Å². The van der Waals surface area contributed by atoms with E-state index in [1.165, 1.54) is 5.56 Å². The first-order chi connectivity index (χ1) is 17.3. The van der Waals surface area contributed by atoms with Crippen molar-refractivity contribution < 1.29 is 9.47 Å². The van der Waals surface area contributed by atoms with Crippen molar-refractivity contribution in [2.24, 2.45) is 16.1 Å². The number of azo groups is 1. The van der Waals surface area contributed by atoms with E-state index in [0.717, 1.165) is 45.5 Å². The average Bonchev–Trinajstić information content (AvgIpc) is 3.18. The summed E-state index contributed by atoms with van der Waals surface area (Å²) in [5, 5.41) is 14.5. The van der Waals surface area contributed by atoms with E-state index < -0.39 is 5.60 Å². The molecular weight excluding hydrogens is 472 g/mol. The molecule has 6 nitrogen and oxygen atoms in total. The normalized spacial score (nSPS) is 19.7. The molecule has 4 aromatic rings. The maximum atomic E-state index is 6.65. The number of rotatable bonds is 3. The van der Waals surface area contributed by atoms with Crippen molar-refractivity contribution in [2.45, 2.75) is 39.2 Å². The molecule has 2 aliphatic heterocycles. The fourth-order valence-corrected chi connectivity index (χ4v) is 5.33. The van der Waals surface area contributed by atoms with Crippen LogP contribution in [-0.4, -0.2) is 22.0 Å². The summed E-state index contributed by atoms with van der Waals surface area (Å²) in [4.78, 5) is 0. The minimum Gasteiger partial charge on any atom is -0.493 e. The van der Waals surface area contributed by atoms with Crippen molar-refractivity contribution >= 4 is 23.0 Å². The molecule has 0 bridgehead atoms. The zero-order chi connectivity index (χ0) is 25.0. The number of hydrogen-bond donors (Lipinski definition) is 0. The van der Waals surface area contributed by atoms with E-state index >= 15 is 0 Å². The highest BCUT2D eigenvalue weighted by molar-refractivity contribution is 6.30. The van der Waals surface area contributed by atoms with Crippen LogP contribution >= 0.6 is 11.6 Å². The van der Waals surface area contributed by atoms with Gasteiger partial charge in [-0.2, -0.15) is 15.3 Å². The lowest BCUT2D eigenvalue weighted by Crippen LogP contribution is -2.49. The van der Waals surface area contributed by atoms with Crippen molar-refractivity contribution in [3.8, 4) is 17.3 Å². The molecule has 7 heteroatoms. The van der Waals surface area contributed by atoms with Crippen LogP contribution in [-0.2, 0) is 0 Å². The SMILES string of the molecule is Cc1ccc(-n2nc(C)c3c2OC(C)(C)[C@@H]2COc4ccc(N=Nc5ccc(Cl)cc5)cc4[C@H]32)cc1. The van der Waals surface area contributed by atoms with Gasteiger partial charge in [0.2, 0.25) is 5.88 Å². The maximum Gasteiger partial charge on any atom is 0.221 e.